The van der Waals surface area contributed by atoms with E-state index < -0.39 is 15.4 Å². The maximum Gasteiger partial charge on any atom is 0.236 e. The number of anilines is 2. The van der Waals surface area contributed by atoms with Gasteiger partial charge in [-0.15, -0.1) is 0 Å². The molecule has 8 nitrogen and oxygen atoms in total. The summed E-state index contributed by atoms with van der Waals surface area (Å²) in [7, 11) is -0.710. The van der Waals surface area contributed by atoms with Crippen LogP contribution in [0.4, 0.5) is 11.4 Å². The van der Waals surface area contributed by atoms with Crippen LogP contribution in [0.1, 0.15) is 32.8 Å². The third-order valence-electron chi connectivity index (χ3n) is 5.15. The molecule has 174 valence electrons. The molecule has 0 saturated heterocycles. The molecule has 2 aromatic rings. The molecule has 0 aliphatic carbocycles. The molecule has 0 saturated carbocycles. The Kier molecular flexibility index (Phi) is 6.88. The summed E-state index contributed by atoms with van der Waals surface area (Å²) in [5.74, 6) is 1.22. The number of rotatable bonds is 8. The molecule has 1 heterocycles. The summed E-state index contributed by atoms with van der Waals surface area (Å²) in [6.45, 7) is 6.45. The second-order valence-electron chi connectivity index (χ2n) is 8.39. The van der Waals surface area contributed by atoms with Crippen molar-refractivity contribution in [3.05, 3.63) is 42.0 Å². The predicted molar refractivity (Wildman–Crippen MR) is 124 cm³/mol. The van der Waals surface area contributed by atoms with Crippen LogP contribution in [0, 0.1) is 5.41 Å². The number of carbonyl (C=O) groups excluding carboxylic acids is 1. The van der Waals surface area contributed by atoms with Gasteiger partial charge >= 0.3 is 0 Å². The van der Waals surface area contributed by atoms with Crippen molar-refractivity contribution in [3.63, 3.8) is 0 Å². The van der Waals surface area contributed by atoms with E-state index in [2.05, 4.69) is 4.72 Å². The third kappa shape index (κ3) is 5.27. The Morgan fingerprint density at radius 1 is 1.09 bits per heavy atom. The lowest BCUT2D eigenvalue weighted by atomic mass is 9.93. The summed E-state index contributed by atoms with van der Waals surface area (Å²) < 4.78 is 44.6. The summed E-state index contributed by atoms with van der Waals surface area (Å²) in [4.78, 5) is 14.7. The highest BCUT2D eigenvalue weighted by Gasteiger charge is 2.37. The van der Waals surface area contributed by atoms with Crippen molar-refractivity contribution in [1.82, 2.24) is 0 Å². The fourth-order valence-corrected chi connectivity index (χ4v) is 4.70. The molecule has 0 radical (unpaired) electrons. The van der Waals surface area contributed by atoms with Gasteiger partial charge in [-0.2, -0.15) is 0 Å². The Morgan fingerprint density at radius 2 is 1.75 bits per heavy atom. The molecule has 0 aromatic heterocycles. The van der Waals surface area contributed by atoms with Gasteiger partial charge in [0.05, 0.1) is 36.8 Å². The van der Waals surface area contributed by atoms with E-state index in [1.165, 1.54) is 14.2 Å². The second kappa shape index (κ2) is 9.28. The van der Waals surface area contributed by atoms with E-state index in [9.17, 15) is 13.2 Å². The van der Waals surface area contributed by atoms with Crippen LogP contribution < -0.4 is 23.8 Å². The molecule has 32 heavy (non-hydrogen) atoms. The fourth-order valence-electron chi connectivity index (χ4n) is 3.54. The summed E-state index contributed by atoms with van der Waals surface area (Å²) in [5, 5.41) is 0. The average molecular weight is 463 g/mol. The normalized spacial score (nSPS) is 15.4. The second-order valence-corrected chi connectivity index (χ2v) is 10.1. The Hall–Kier alpha value is -2.94. The number of hydrogen-bond donors (Lipinski definition) is 1. The number of methoxy groups -OCH3 is 2. The lowest BCUT2D eigenvalue weighted by Crippen LogP contribution is -2.42. The van der Waals surface area contributed by atoms with Crippen LogP contribution in [0.2, 0.25) is 0 Å². The maximum absolute atomic E-state index is 13.0. The summed E-state index contributed by atoms with van der Waals surface area (Å²) in [6.07, 6.45) is 0.791. The van der Waals surface area contributed by atoms with Gasteiger partial charge in [-0.3, -0.25) is 9.52 Å². The quantitative estimate of drug-likeness (QED) is 0.641. The van der Waals surface area contributed by atoms with E-state index in [1.807, 2.05) is 20.8 Å². The van der Waals surface area contributed by atoms with E-state index in [4.69, 9.17) is 14.2 Å². The molecule has 3 rings (SSSR count). The van der Waals surface area contributed by atoms with E-state index >= 15 is 0 Å². The predicted octanol–water partition coefficient (Wildman–Crippen LogP) is 3.81. The number of hydrogen-bond acceptors (Lipinski definition) is 6. The first-order valence-corrected chi connectivity index (χ1v) is 12.0. The standard InChI is InChI=1S/C23H30N2O6S/c1-6-9-25-20-8-7-17(12-21(20)31-15-23(2,3)22(25)26)24-32(27,28)14-16-10-18(29-4)13-19(11-16)30-5/h7-8,10-13,24H,6,9,14-15H2,1-5H3. The molecule has 0 bridgehead atoms. The van der Waals surface area contributed by atoms with Crippen molar-refractivity contribution in [3.8, 4) is 17.2 Å². The van der Waals surface area contributed by atoms with Gasteiger partial charge < -0.3 is 19.1 Å². The van der Waals surface area contributed by atoms with Gasteiger partial charge in [-0.1, -0.05) is 6.92 Å². The molecule has 9 heteroatoms. The smallest absolute Gasteiger partial charge is 0.236 e. The number of nitrogens with one attached hydrogen (secondary N) is 1. The largest absolute Gasteiger partial charge is 0.497 e. The van der Waals surface area contributed by atoms with Crippen LogP contribution in [0.25, 0.3) is 0 Å². The molecule has 1 N–H and O–H groups in total. The van der Waals surface area contributed by atoms with E-state index in [1.54, 1.807) is 41.3 Å². The number of fused-ring (bicyclic) bond motifs is 1. The highest BCUT2D eigenvalue weighted by Crippen LogP contribution is 2.38. The zero-order chi connectivity index (χ0) is 23.5. The molecule has 1 amide bonds. The zero-order valence-corrected chi connectivity index (χ0v) is 19.9. The van der Waals surface area contributed by atoms with Gasteiger partial charge in [0.2, 0.25) is 15.9 Å². The SMILES string of the molecule is CCCN1C(=O)C(C)(C)COc2cc(NS(=O)(=O)Cc3cc(OC)cc(OC)c3)ccc21. The van der Waals surface area contributed by atoms with E-state index in [0.29, 0.717) is 40.7 Å². The minimum atomic E-state index is -3.73. The van der Waals surface area contributed by atoms with Crippen LogP contribution in [-0.4, -0.2) is 41.7 Å². The summed E-state index contributed by atoms with van der Waals surface area (Å²) >= 11 is 0. The topological polar surface area (TPSA) is 94.2 Å². The fraction of sp³-hybridized carbons (Fsp3) is 0.435. The first kappa shape index (κ1) is 23.7. The van der Waals surface area contributed by atoms with Crippen molar-refractivity contribution in [2.24, 2.45) is 5.41 Å². The molecule has 0 spiro atoms. The van der Waals surface area contributed by atoms with Crippen molar-refractivity contribution >= 4 is 27.3 Å². The minimum absolute atomic E-state index is 0.0154. The molecule has 0 unspecified atom stereocenters. The first-order valence-electron chi connectivity index (χ1n) is 10.4. The molecule has 1 aliphatic rings. The van der Waals surface area contributed by atoms with E-state index in [0.717, 1.165) is 6.42 Å². The lowest BCUT2D eigenvalue weighted by molar-refractivity contribution is -0.127. The highest BCUT2D eigenvalue weighted by molar-refractivity contribution is 7.91. The van der Waals surface area contributed by atoms with Gasteiger partial charge in [-0.05, 0) is 50.1 Å². The maximum atomic E-state index is 13.0. The molecular weight excluding hydrogens is 432 g/mol. The van der Waals surface area contributed by atoms with Crippen molar-refractivity contribution in [1.29, 1.82) is 0 Å². The number of carbonyl (C=O) groups is 1. The number of nitrogens with zero attached hydrogens (tertiary/aromatic N) is 1. The van der Waals surface area contributed by atoms with Crippen molar-refractivity contribution in [2.45, 2.75) is 32.9 Å². The molecule has 0 atom stereocenters. The third-order valence-corrected chi connectivity index (χ3v) is 6.41. The first-order chi connectivity index (χ1) is 15.1. The molecule has 2 aromatic carbocycles. The van der Waals surface area contributed by atoms with Gasteiger partial charge in [0.15, 0.2) is 0 Å². The van der Waals surface area contributed by atoms with Crippen LogP contribution in [0.3, 0.4) is 0 Å². The Bertz CT molecular complexity index is 1080. The van der Waals surface area contributed by atoms with Crippen LogP contribution >= 0.6 is 0 Å². The minimum Gasteiger partial charge on any atom is -0.497 e. The number of ether oxygens (including phenoxy) is 3. The monoisotopic (exact) mass is 462 g/mol. The van der Waals surface area contributed by atoms with Gasteiger partial charge in [0.25, 0.3) is 0 Å². The molecular formula is C23H30N2O6S. The summed E-state index contributed by atoms with van der Waals surface area (Å²) in [6, 6.07) is 9.96. The summed E-state index contributed by atoms with van der Waals surface area (Å²) in [5.41, 5.74) is 0.852. The van der Waals surface area contributed by atoms with E-state index in [-0.39, 0.29) is 18.3 Å². The van der Waals surface area contributed by atoms with Gasteiger partial charge in [0.1, 0.15) is 23.9 Å². The number of sulfonamides is 1. The van der Waals surface area contributed by atoms with Crippen LogP contribution in [0.5, 0.6) is 17.2 Å². The average Bonchev–Trinajstić information content (AvgIpc) is 2.83. The van der Waals surface area contributed by atoms with Crippen molar-refractivity contribution < 1.29 is 27.4 Å². The zero-order valence-electron chi connectivity index (χ0n) is 19.1. The Balaban J connectivity index is 1.86. The number of amides is 1. The van der Waals surface area contributed by atoms with Gasteiger partial charge in [0, 0.05) is 18.7 Å². The highest BCUT2D eigenvalue weighted by atomic mass is 32.2. The molecule has 0 fully saturated rings. The Morgan fingerprint density at radius 3 is 2.34 bits per heavy atom. The van der Waals surface area contributed by atoms with Crippen molar-refractivity contribution in [2.75, 3.05) is 37.0 Å². The van der Waals surface area contributed by atoms with Crippen LogP contribution in [-0.2, 0) is 20.6 Å². The van der Waals surface area contributed by atoms with Gasteiger partial charge in [-0.25, -0.2) is 8.42 Å². The van der Waals surface area contributed by atoms with Crippen LogP contribution in [0.15, 0.2) is 36.4 Å². The molecule has 1 aliphatic heterocycles. The number of benzene rings is 2. The Labute approximate surface area is 189 Å². The lowest BCUT2D eigenvalue weighted by Gasteiger charge is -2.27.